The number of H-pyrrole nitrogens is 1. The van der Waals surface area contributed by atoms with Crippen LogP contribution in [0.15, 0.2) is 48.7 Å². The zero-order valence-electron chi connectivity index (χ0n) is 12.8. The first-order valence-corrected chi connectivity index (χ1v) is 8.00. The fraction of sp³-hybridized carbons (Fsp3) is 0.250. The van der Waals surface area contributed by atoms with Gasteiger partial charge in [0.05, 0.1) is 18.1 Å². The summed E-state index contributed by atoms with van der Waals surface area (Å²) < 4.78 is 0. The van der Waals surface area contributed by atoms with Crippen LogP contribution in [-0.2, 0) is 12.0 Å². The molecule has 0 amide bonds. The molecule has 4 rings (SSSR count). The molecular formula is C20H18N2O. The normalized spacial score (nSPS) is 16.0. The molecule has 0 saturated heterocycles. The van der Waals surface area contributed by atoms with E-state index >= 15 is 0 Å². The largest absolute Gasteiger partial charge is 0.385 e. The molecule has 0 aliphatic heterocycles. The summed E-state index contributed by atoms with van der Waals surface area (Å²) >= 11 is 0. The molecule has 1 aromatic heterocycles. The Hall–Kier alpha value is -2.57. The van der Waals surface area contributed by atoms with Crippen LogP contribution < -0.4 is 0 Å². The molecule has 2 N–H and O–H groups in total. The molecular weight excluding hydrogens is 284 g/mol. The highest BCUT2D eigenvalue weighted by molar-refractivity contribution is 5.87. The van der Waals surface area contributed by atoms with Crippen LogP contribution in [-0.4, -0.2) is 10.1 Å². The number of rotatable bonds is 3. The highest BCUT2D eigenvalue weighted by Crippen LogP contribution is 2.41. The number of nitriles is 1. The van der Waals surface area contributed by atoms with Crippen LogP contribution in [0, 0.1) is 11.3 Å². The van der Waals surface area contributed by atoms with Gasteiger partial charge < -0.3 is 10.1 Å². The topological polar surface area (TPSA) is 59.8 Å². The molecule has 0 unspecified atom stereocenters. The minimum Gasteiger partial charge on any atom is -0.385 e. The maximum absolute atomic E-state index is 10.4. The maximum atomic E-state index is 10.4. The Balaban J connectivity index is 1.67. The van der Waals surface area contributed by atoms with Gasteiger partial charge in [-0.25, -0.2) is 0 Å². The lowest BCUT2D eigenvalue weighted by Crippen LogP contribution is -2.33. The van der Waals surface area contributed by atoms with Crippen molar-refractivity contribution in [3.8, 4) is 17.2 Å². The summed E-state index contributed by atoms with van der Waals surface area (Å²) in [5.74, 6) is 0. The molecule has 114 valence electrons. The number of nitrogens with one attached hydrogen (secondary N) is 1. The van der Waals surface area contributed by atoms with Crippen LogP contribution in [0.2, 0.25) is 0 Å². The smallest absolute Gasteiger partial charge is 0.0896 e. The monoisotopic (exact) mass is 302 g/mol. The molecule has 1 aliphatic rings. The Kier molecular flexibility index (Phi) is 3.21. The zero-order valence-corrected chi connectivity index (χ0v) is 12.8. The van der Waals surface area contributed by atoms with Gasteiger partial charge in [0.1, 0.15) is 0 Å². The lowest BCUT2D eigenvalue weighted by Gasteiger charge is -2.37. The summed E-state index contributed by atoms with van der Waals surface area (Å²) in [7, 11) is 0. The molecule has 1 fully saturated rings. The molecule has 1 heterocycles. The second-order valence-electron chi connectivity index (χ2n) is 6.37. The summed E-state index contributed by atoms with van der Waals surface area (Å²) in [5, 5.41) is 20.4. The van der Waals surface area contributed by atoms with Crippen molar-refractivity contribution in [3.63, 3.8) is 0 Å². The van der Waals surface area contributed by atoms with E-state index in [1.54, 1.807) is 0 Å². The minimum absolute atomic E-state index is 0.423. The van der Waals surface area contributed by atoms with Gasteiger partial charge in [-0.3, -0.25) is 0 Å². The Labute approximate surface area is 135 Å². The number of aliphatic hydroxyl groups is 1. The van der Waals surface area contributed by atoms with Gasteiger partial charge in [-0.1, -0.05) is 36.4 Å². The van der Waals surface area contributed by atoms with Crippen LogP contribution in [0.4, 0.5) is 0 Å². The molecule has 0 radical (unpaired) electrons. The first kappa shape index (κ1) is 14.0. The highest BCUT2D eigenvalue weighted by Gasteiger charge is 2.35. The van der Waals surface area contributed by atoms with Crippen LogP contribution >= 0.6 is 0 Å². The van der Waals surface area contributed by atoms with E-state index in [-0.39, 0.29) is 0 Å². The molecule has 2 aromatic carbocycles. The zero-order chi connectivity index (χ0) is 15.9. The summed E-state index contributed by atoms with van der Waals surface area (Å²) in [6.07, 6.45) is 5.16. The van der Waals surface area contributed by atoms with E-state index in [0.717, 1.165) is 52.4 Å². The third kappa shape index (κ3) is 2.32. The van der Waals surface area contributed by atoms with Crippen LogP contribution in [0.1, 0.15) is 30.4 Å². The fourth-order valence-electron chi connectivity index (χ4n) is 3.37. The predicted octanol–water partition coefficient (Wildman–Crippen LogP) is 4.27. The van der Waals surface area contributed by atoms with Crippen molar-refractivity contribution in [2.45, 2.75) is 31.3 Å². The van der Waals surface area contributed by atoms with Gasteiger partial charge in [-0.05, 0) is 47.6 Å². The van der Waals surface area contributed by atoms with E-state index in [2.05, 4.69) is 41.4 Å². The van der Waals surface area contributed by atoms with Gasteiger partial charge in [0.2, 0.25) is 0 Å². The van der Waals surface area contributed by atoms with Gasteiger partial charge >= 0.3 is 0 Å². The molecule has 3 aromatic rings. The number of fused-ring (bicyclic) bond motifs is 1. The number of aromatic amines is 1. The minimum atomic E-state index is -0.603. The van der Waals surface area contributed by atoms with Gasteiger partial charge in [-0.2, -0.15) is 5.26 Å². The number of hydrogen-bond acceptors (Lipinski definition) is 2. The van der Waals surface area contributed by atoms with Crippen molar-refractivity contribution in [3.05, 3.63) is 59.8 Å². The summed E-state index contributed by atoms with van der Waals surface area (Å²) in [6, 6.07) is 16.7. The van der Waals surface area contributed by atoms with Crippen LogP contribution in [0.3, 0.4) is 0 Å². The van der Waals surface area contributed by atoms with E-state index < -0.39 is 5.60 Å². The van der Waals surface area contributed by atoms with E-state index in [1.165, 1.54) is 0 Å². The summed E-state index contributed by atoms with van der Waals surface area (Å²) in [6.45, 7) is 0. The van der Waals surface area contributed by atoms with Gasteiger partial charge in [0.25, 0.3) is 0 Å². The van der Waals surface area contributed by atoms with E-state index in [4.69, 9.17) is 5.26 Å². The van der Waals surface area contributed by atoms with Crippen LogP contribution in [0.5, 0.6) is 0 Å². The lowest BCUT2D eigenvalue weighted by molar-refractivity contribution is -0.0387. The first-order chi connectivity index (χ1) is 11.2. The molecule has 1 saturated carbocycles. The second-order valence-corrected chi connectivity index (χ2v) is 6.37. The standard InChI is InChI=1S/C20H18N2O/c21-11-8-16-13-22-19-12-15(4-7-18(16)19)14-2-5-17(6-3-14)20(23)9-1-10-20/h2-7,12-13,22-23H,1,8-10H2. The van der Waals surface area contributed by atoms with E-state index in [9.17, 15) is 5.11 Å². The molecule has 1 aliphatic carbocycles. The second kappa shape index (κ2) is 5.26. The third-order valence-electron chi connectivity index (χ3n) is 4.97. The average Bonchev–Trinajstić information content (AvgIpc) is 2.95. The molecule has 0 atom stereocenters. The average molecular weight is 302 g/mol. The predicted molar refractivity (Wildman–Crippen MR) is 90.8 cm³/mol. The Morgan fingerprint density at radius 2 is 1.83 bits per heavy atom. The Bertz CT molecular complexity index is 896. The van der Waals surface area contributed by atoms with Crippen molar-refractivity contribution in [1.29, 1.82) is 5.26 Å². The molecule has 3 heteroatoms. The highest BCUT2D eigenvalue weighted by atomic mass is 16.3. The molecule has 0 spiro atoms. The summed E-state index contributed by atoms with van der Waals surface area (Å²) in [5.41, 5.74) is 4.77. The van der Waals surface area contributed by atoms with Crippen LogP contribution in [0.25, 0.3) is 22.0 Å². The lowest BCUT2D eigenvalue weighted by atomic mass is 9.75. The number of aromatic nitrogens is 1. The molecule has 0 bridgehead atoms. The van der Waals surface area contributed by atoms with Crippen molar-refractivity contribution < 1.29 is 5.11 Å². The van der Waals surface area contributed by atoms with E-state index in [1.807, 2.05) is 18.3 Å². The van der Waals surface area contributed by atoms with Crippen molar-refractivity contribution in [2.24, 2.45) is 0 Å². The van der Waals surface area contributed by atoms with Gasteiger partial charge in [0, 0.05) is 17.1 Å². The molecule has 3 nitrogen and oxygen atoms in total. The Morgan fingerprint density at radius 3 is 2.48 bits per heavy atom. The number of benzene rings is 2. The fourth-order valence-corrected chi connectivity index (χ4v) is 3.37. The van der Waals surface area contributed by atoms with E-state index in [0.29, 0.717) is 6.42 Å². The van der Waals surface area contributed by atoms with Crippen molar-refractivity contribution >= 4 is 10.9 Å². The first-order valence-electron chi connectivity index (χ1n) is 8.00. The SMILES string of the molecule is N#CCc1c[nH]c2cc(-c3ccc(C4(O)CCC4)cc3)ccc12. The summed E-state index contributed by atoms with van der Waals surface area (Å²) in [4.78, 5) is 3.25. The maximum Gasteiger partial charge on any atom is 0.0896 e. The Morgan fingerprint density at radius 1 is 1.09 bits per heavy atom. The molecule has 23 heavy (non-hydrogen) atoms. The number of nitrogens with zero attached hydrogens (tertiary/aromatic N) is 1. The third-order valence-corrected chi connectivity index (χ3v) is 4.97. The van der Waals surface area contributed by atoms with Gasteiger partial charge in [0.15, 0.2) is 0 Å². The quantitative estimate of drug-likeness (QED) is 0.759. The van der Waals surface area contributed by atoms with Crippen molar-refractivity contribution in [2.75, 3.05) is 0 Å². The van der Waals surface area contributed by atoms with Gasteiger partial charge in [-0.15, -0.1) is 0 Å². The number of hydrogen-bond donors (Lipinski definition) is 2. The van der Waals surface area contributed by atoms with Crippen molar-refractivity contribution in [1.82, 2.24) is 4.98 Å².